The molecule has 0 unspecified atom stereocenters. The van der Waals surface area contributed by atoms with Crippen LogP contribution in [0.3, 0.4) is 0 Å². The van der Waals surface area contributed by atoms with Gasteiger partial charge in [-0.3, -0.25) is 9.48 Å². The minimum Gasteiger partial charge on any atom is -0.479 e. The lowest BCUT2D eigenvalue weighted by Gasteiger charge is -2.19. The molecule has 1 aromatic carbocycles. The van der Waals surface area contributed by atoms with Crippen molar-refractivity contribution >= 4 is 17.6 Å². The van der Waals surface area contributed by atoms with Gasteiger partial charge in [0.1, 0.15) is 0 Å². The number of benzene rings is 1. The van der Waals surface area contributed by atoms with Crippen LogP contribution in [0.2, 0.25) is 0 Å². The van der Waals surface area contributed by atoms with Crippen LogP contribution in [0.4, 0.5) is 5.69 Å². The smallest absolute Gasteiger partial charge is 0.331 e. The normalized spacial score (nSPS) is 11.4. The van der Waals surface area contributed by atoms with E-state index in [2.05, 4.69) is 20.7 Å². The van der Waals surface area contributed by atoms with Crippen LogP contribution in [-0.2, 0) is 21.5 Å². The number of carbonyl (C=O) groups is 2. The number of nitrogens with one attached hydrogen (secondary N) is 1. The number of para-hydroxylation sites is 1. The number of carboxylic acids is 1. The largest absolute Gasteiger partial charge is 0.479 e. The van der Waals surface area contributed by atoms with Gasteiger partial charge >= 0.3 is 5.97 Å². The third-order valence-corrected chi connectivity index (χ3v) is 4.28. The molecule has 0 saturated carbocycles. The highest BCUT2D eigenvalue weighted by Gasteiger charge is 2.30. The van der Waals surface area contributed by atoms with E-state index in [0.29, 0.717) is 11.4 Å². The van der Waals surface area contributed by atoms with Crippen molar-refractivity contribution in [3.8, 4) is 5.69 Å². The van der Waals surface area contributed by atoms with Crippen LogP contribution >= 0.6 is 0 Å². The Balaban J connectivity index is 1.70. The summed E-state index contributed by atoms with van der Waals surface area (Å²) in [5, 5.41) is 24.2. The maximum Gasteiger partial charge on any atom is 0.331 e. The van der Waals surface area contributed by atoms with E-state index in [1.807, 2.05) is 37.3 Å². The molecule has 3 rings (SSSR count). The second-order valence-corrected chi connectivity index (χ2v) is 6.63. The molecule has 0 saturated heterocycles. The minimum atomic E-state index is -1.21. The summed E-state index contributed by atoms with van der Waals surface area (Å²) in [6.45, 7) is 4.90. The summed E-state index contributed by atoms with van der Waals surface area (Å²) < 4.78 is 2.97. The second-order valence-electron chi connectivity index (χ2n) is 6.63. The number of rotatable bonds is 6. The average Bonchev–Trinajstić information content (AvgIpc) is 3.23. The van der Waals surface area contributed by atoms with E-state index in [1.165, 1.54) is 30.9 Å². The van der Waals surface area contributed by atoms with E-state index >= 15 is 0 Å². The zero-order chi connectivity index (χ0) is 19.6. The molecule has 0 aliphatic rings. The fourth-order valence-electron chi connectivity index (χ4n) is 2.49. The highest BCUT2D eigenvalue weighted by molar-refractivity contribution is 5.92. The Morgan fingerprint density at radius 1 is 1.22 bits per heavy atom. The highest BCUT2D eigenvalue weighted by Crippen LogP contribution is 2.18. The SMILES string of the molecule is Cc1c(CC(=O)Nc2cnn(C(C)(C)C(=O)O)c2)nnn1-c1ccccc1. The predicted octanol–water partition coefficient (Wildman–Crippen LogP) is 1.77. The maximum atomic E-state index is 12.3. The Bertz CT molecular complexity index is 974. The van der Waals surface area contributed by atoms with Crippen molar-refractivity contribution in [2.45, 2.75) is 32.7 Å². The van der Waals surface area contributed by atoms with E-state index < -0.39 is 11.5 Å². The molecule has 0 aliphatic heterocycles. The van der Waals surface area contributed by atoms with Crippen LogP contribution in [0.1, 0.15) is 25.2 Å². The number of nitrogens with zero attached hydrogens (tertiary/aromatic N) is 5. The van der Waals surface area contributed by atoms with Crippen LogP contribution in [0, 0.1) is 6.92 Å². The lowest BCUT2D eigenvalue weighted by Crippen LogP contribution is -2.35. The van der Waals surface area contributed by atoms with E-state index in [-0.39, 0.29) is 12.3 Å². The zero-order valence-corrected chi connectivity index (χ0v) is 15.2. The minimum absolute atomic E-state index is 0.0478. The second kappa shape index (κ2) is 7.02. The average molecular weight is 368 g/mol. The van der Waals surface area contributed by atoms with Crippen LogP contribution in [0.15, 0.2) is 42.7 Å². The first-order valence-corrected chi connectivity index (χ1v) is 8.34. The number of hydrogen-bond acceptors (Lipinski definition) is 5. The number of aliphatic carboxylic acids is 1. The molecule has 9 nitrogen and oxygen atoms in total. The molecular weight excluding hydrogens is 348 g/mol. The van der Waals surface area contributed by atoms with Crippen molar-refractivity contribution in [3.63, 3.8) is 0 Å². The summed E-state index contributed by atoms with van der Waals surface area (Å²) in [6, 6.07) is 9.53. The van der Waals surface area contributed by atoms with E-state index in [9.17, 15) is 14.7 Å². The number of aromatic nitrogens is 5. The van der Waals surface area contributed by atoms with Gasteiger partial charge in [0.05, 0.1) is 35.4 Å². The van der Waals surface area contributed by atoms with Gasteiger partial charge in [-0.05, 0) is 32.9 Å². The summed E-state index contributed by atoms with van der Waals surface area (Å²) in [6.07, 6.45) is 2.95. The standard InChI is InChI=1S/C18H20N6O3/c1-12-15(21-22-24(12)14-7-5-4-6-8-14)9-16(25)20-13-10-19-23(11-13)18(2,3)17(26)27/h4-8,10-11H,9H2,1-3H3,(H,20,25)(H,26,27). The van der Waals surface area contributed by atoms with E-state index in [4.69, 9.17) is 0 Å². The number of amides is 1. The molecule has 0 atom stereocenters. The summed E-state index contributed by atoms with van der Waals surface area (Å²) in [5.41, 5.74) is 1.42. The predicted molar refractivity (Wildman–Crippen MR) is 97.6 cm³/mol. The first-order valence-electron chi connectivity index (χ1n) is 8.34. The maximum absolute atomic E-state index is 12.3. The van der Waals surface area contributed by atoms with Crippen molar-refractivity contribution in [2.75, 3.05) is 5.32 Å². The third kappa shape index (κ3) is 3.71. The molecule has 0 fully saturated rings. The Labute approximate surface area is 155 Å². The molecule has 9 heteroatoms. The Morgan fingerprint density at radius 3 is 2.59 bits per heavy atom. The van der Waals surface area contributed by atoms with E-state index in [1.54, 1.807) is 4.68 Å². The van der Waals surface area contributed by atoms with Crippen LogP contribution < -0.4 is 5.32 Å². The van der Waals surface area contributed by atoms with Gasteiger partial charge in [0.15, 0.2) is 5.54 Å². The van der Waals surface area contributed by atoms with Crippen LogP contribution in [-0.4, -0.2) is 41.8 Å². The van der Waals surface area contributed by atoms with Gasteiger partial charge in [-0.15, -0.1) is 5.10 Å². The number of carboxylic acid groups (broad SMARTS) is 1. The first-order chi connectivity index (χ1) is 12.8. The van der Waals surface area contributed by atoms with Crippen molar-refractivity contribution in [2.24, 2.45) is 0 Å². The monoisotopic (exact) mass is 368 g/mol. The zero-order valence-electron chi connectivity index (χ0n) is 15.2. The van der Waals surface area contributed by atoms with Crippen molar-refractivity contribution in [3.05, 3.63) is 54.1 Å². The fourth-order valence-corrected chi connectivity index (χ4v) is 2.49. The van der Waals surface area contributed by atoms with Gasteiger partial charge in [0.2, 0.25) is 5.91 Å². The molecule has 1 amide bonds. The third-order valence-electron chi connectivity index (χ3n) is 4.28. The molecule has 0 spiro atoms. The molecule has 0 aliphatic carbocycles. The summed E-state index contributed by atoms with van der Waals surface area (Å²) in [4.78, 5) is 23.6. The number of carbonyl (C=O) groups excluding carboxylic acids is 1. The number of anilines is 1. The van der Waals surface area contributed by atoms with Gasteiger partial charge in [0.25, 0.3) is 0 Å². The highest BCUT2D eigenvalue weighted by atomic mass is 16.4. The van der Waals surface area contributed by atoms with Gasteiger partial charge in [-0.25, -0.2) is 9.48 Å². The summed E-state index contributed by atoms with van der Waals surface area (Å²) >= 11 is 0. The fraction of sp³-hybridized carbons (Fsp3) is 0.278. The van der Waals surface area contributed by atoms with Gasteiger partial charge in [-0.2, -0.15) is 5.10 Å². The lowest BCUT2D eigenvalue weighted by molar-refractivity contribution is -0.146. The Hall–Kier alpha value is -3.49. The topological polar surface area (TPSA) is 115 Å². The molecule has 27 heavy (non-hydrogen) atoms. The molecule has 2 aromatic heterocycles. The van der Waals surface area contributed by atoms with Crippen molar-refractivity contribution in [1.82, 2.24) is 24.8 Å². The molecule has 0 bridgehead atoms. The molecule has 140 valence electrons. The molecule has 0 radical (unpaired) electrons. The van der Waals surface area contributed by atoms with Crippen molar-refractivity contribution in [1.29, 1.82) is 0 Å². The van der Waals surface area contributed by atoms with E-state index in [0.717, 1.165) is 11.4 Å². The molecule has 2 N–H and O–H groups in total. The lowest BCUT2D eigenvalue weighted by atomic mass is 10.1. The van der Waals surface area contributed by atoms with Gasteiger partial charge in [-0.1, -0.05) is 23.4 Å². The van der Waals surface area contributed by atoms with Gasteiger partial charge in [0, 0.05) is 6.20 Å². The quantitative estimate of drug-likeness (QED) is 0.685. The Kier molecular flexibility index (Phi) is 4.76. The first kappa shape index (κ1) is 18.3. The molecule has 3 aromatic rings. The van der Waals surface area contributed by atoms with Crippen LogP contribution in [0.5, 0.6) is 0 Å². The Morgan fingerprint density at radius 2 is 1.93 bits per heavy atom. The summed E-state index contributed by atoms with van der Waals surface area (Å²) in [7, 11) is 0. The summed E-state index contributed by atoms with van der Waals surface area (Å²) in [5.74, 6) is -1.30. The molecular formula is C18H20N6O3. The molecule has 2 heterocycles. The number of hydrogen-bond donors (Lipinski definition) is 2. The van der Waals surface area contributed by atoms with Crippen LogP contribution in [0.25, 0.3) is 5.69 Å². The van der Waals surface area contributed by atoms with Crippen molar-refractivity contribution < 1.29 is 14.7 Å². The van der Waals surface area contributed by atoms with Gasteiger partial charge < -0.3 is 10.4 Å².